The number of ether oxygens (including phenoxy) is 1. The molecule has 0 aliphatic rings. The molecule has 0 bridgehead atoms. The Kier molecular flexibility index (Phi) is 5.43. The number of hydrogen-bond acceptors (Lipinski definition) is 5. The Labute approximate surface area is 142 Å². The second kappa shape index (κ2) is 7.52. The number of esters is 1. The quantitative estimate of drug-likeness (QED) is 0.472. The van der Waals surface area contributed by atoms with Gasteiger partial charge >= 0.3 is 5.97 Å². The Morgan fingerprint density at radius 3 is 2.36 bits per heavy atom. The Hall–Kier alpha value is -3.29. The lowest BCUT2D eigenvalue weighted by Crippen LogP contribution is -2.27. The fourth-order valence-electron chi connectivity index (χ4n) is 2.21. The number of carbonyl (C=O) groups is 2. The lowest BCUT2D eigenvalue weighted by molar-refractivity contribution is -0.385. The summed E-state index contributed by atoms with van der Waals surface area (Å²) >= 11 is 0. The lowest BCUT2D eigenvalue weighted by Gasteiger charge is -2.17. The van der Waals surface area contributed by atoms with Gasteiger partial charge in [-0.05, 0) is 23.8 Å². The van der Waals surface area contributed by atoms with Crippen molar-refractivity contribution in [3.63, 3.8) is 0 Å². The molecule has 0 saturated heterocycles. The minimum Gasteiger partial charge on any atom is -0.465 e. The van der Waals surface area contributed by atoms with E-state index in [9.17, 15) is 24.1 Å². The normalized spacial score (nSPS) is 10.2. The number of nitrogens with zero attached hydrogens (tertiary/aromatic N) is 2. The Bertz CT molecular complexity index is 820. The zero-order valence-corrected chi connectivity index (χ0v) is 13.6. The topological polar surface area (TPSA) is 89.8 Å². The van der Waals surface area contributed by atoms with E-state index in [-0.39, 0.29) is 12.1 Å². The molecule has 0 aliphatic heterocycles. The van der Waals surface area contributed by atoms with Crippen molar-refractivity contribution < 1.29 is 23.6 Å². The van der Waals surface area contributed by atoms with E-state index in [1.807, 2.05) is 0 Å². The molecule has 0 radical (unpaired) electrons. The first-order valence-corrected chi connectivity index (χ1v) is 7.20. The van der Waals surface area contributed by atoms with Crippen LogP contribution in [0.1, 0.15) is 26.3 Å². The number of hydrogen-bond donors (Lipinski definition) is 0. The van der Waals surface area contributed by atoms with Crippen LogP contribution in [0.25, 0.3) is 0 Å². The third kappa shape index (κ3) is 4.17. The summed E-state index contributed by atoms with van der Waals surface area (Å²) in [6, 6.07) is 9.32. The highest BCUT2D eigenvalue weighted by Gasteiger charge is 2.19. The second-order valence-electron chi connectivity index (χ2n) is 5.27. The van der Waals surface area contributed by atoms with E-state index in [1.165, 1.54) is 19.1 Å². The van der Waals surface area contributed by atoms with Crippen molar-refractivity contribution in [2.24, 2.45) is 0 Å². The molecule has 0 N–H and O–H groups in total. The number of amides is 1. The van der Waals surface area contributed by atoms with Gasteiger partial charge in [0.15, 0.2) is 0 Å². The zero-order chi connectivity index (χ0) is 18.6. The van der Waals surface area contributed by atoms with Crippen LogP contribution in [0.15, 0.2) is 42.5 Å². The minimum absolute atomic E-state index is 0.177. The largest absolute Gasteiger partial charge is 0.465 e. The summed E-state index contributed by atoms with van der Waals surface area (Å²) in [5.41, 5.74) is 0.432. The van der Waals surface area contributed by atoms with Crippen molar-refractivity contribution in [1.29, 1.82) is 0 Å². The van der Waals surface area contributed by atoms with Gasteiger partial charge in [-0.25, -0.2) is 9.18 Å². The molecule has 25 heavy (non-hydrogen) atoms. The smallest absolute Gasteiger partial charge is 0.337 e. The first-order valence-electron chi connectivity index (χ1n) is 7.20. The average molecular weight is 346 g/mol. The predicted octanol–water partition coefficient (Wildman–Crippen LogP) is 2.79. The summed E-state index contributed by atoms with van der Waals surface area (Å²) in [7, 11) is 2.76. The maximum absolute atomic E-state index is 13.9. The maximum Gasteiger partial charge on any atom is 0.337 e. The highest BCUT2D eigenvalue weighted by molar-refractivity contribution is 5.94. The lowest BCUT2D eigenvalue weighted by atomic mass is 10.1. The SMILES string of the molecule is COC(=O)c1ccc(CN(C)C(=O)c2ccc([N+](=O)[O-])cc2F)cc1. The van der Waals surface area contributed by atoms with E-state index < -0.39 is 28.3 Å². The molecular formula is C17H15FN2O5. The van der Waals surface area contributed by atoms with Crippen molar-refractivity contribution >= 4 is 17.6 Å². The van der Waals surface area contributed by atoms with E-state index >= 15 is 0 Å². The van der Waals surface area contributed by atoms with Crippen molar-refractivity contribution in [3.05, 3.63) is 75.1 Å². The highest BCUT2D eigenvalue weighted by atomic mass is 19.1. The van der Waals surface area contributed by atoms with Gasteiger partial charge in [0.2, 0.25) is 0 Å². The summed E-state index contributed by atoms with van der Waals surface area (Å²) in [5.74, 6) is -2.03. The fraction of sp³-hybridized carbons (Fsp3) is 0.176. The average Bonchev–Trinajstić information content (AvgIpc) is 2.60. The minimum atomic E-state index is -0.952. The number of nitro groups is 1. The van der Waals surface area contributed by atoms with Gasteiger partial charge in [-0.2, -0.15) is 0 Å². The van der Waals surface area contributed by atoms with Crippen LogP contribution in [0.5, 0.6) is 0 Å². The molecule has 0 heterocycles. The van der Waals surface area contributed by atoms with Crippen LogP contribution in [-0.4, -0.2) is 35.9 Å². The number of halogens is 1. The van der Waals surface area contributed by atoms with Gasteiger partial charge in [0.1, 0.15) is 5.82 Å². The predicted molar refractivity (Wildman–Crippen MR) is 86.6 cm³/mol. The van der Waals surface area contributed by atoms with Crippen LogP contribution in [0.4, 0.5) is 10.1 Å². The van der Waals surface area contributed by atoms with Crippen LogP contribution >= 0.6 is 0 Å². The van der Waals surface area contributed by atoms with Crippen LogP contribution in [0.2, 0.25) is 0 Å². The Morgan fingerprint density at radius 2 is 1.84 bits per heavy atom. The van der Waals surface area contributed by atoms with Gasteiger partial charge in [0.25, 0.3) is 11.6 Å². The zero-order valence-electron chi connectivity index (χ0n) is 13.6. The van der Waals surface area contributed by atoms with Gasteiger partial charge in [0.05, 0.1) is 29.2 Å². The van der Waals surface area contributed by atoms with Crippen LogP contribution in [-0.2, 0) is 11.3 Å². The van der Waals surface area contributed by atoms with Crippen molar-refractivity contribution in [1.82, 2.24) is 4.90 Å². The van der Waals surface area contributed by atoms with Gasteiger partial charge in [-0.15, -0.1) is 0 Å². The Balaban J connectivity index is 2.12. The van der Waals surface area contributed by atoms with Crippen molar-refractivity contribution in [2.75, 3.05) is 14.2 Å². The van der Waals surface area contributed by atoms with Crippen LogP contribution < -0.4 is 0 Å². The van der Waals surface area contributed by atoms with E-state index in [0.29, 0.717) is 11.6 Å². The molecule has 130 valence electrons. The van der Waals surface area contributed by atoms with Gasteiger partial charge in [-0.1, -0.05) is 12.1 Å². The Morgan fingerprint density at radius 1 is 1.20 bits per heavy atom. The molecule has 0 saturated carbocycles. The molecule has 7 nitrogen and oxygen atoms in total. The molecule has 0 fully saturated rings. The number of non-ortho nitro benzene ring substituents is 1. The summed E-state index contributed by atoms with van der Waals surface area (Å²) in [6.45, 7) is 0.177. The summed E-state index contributed by atoms with van der Waals surface area (Å²) in [4.78, 5) is 34.9. The molecule has 0 aliphatic carbocycles. The first-order chi connectivity index (χ1) is 11.8. The number of benzene rings is 2. The number of methoxy groups -OCH3 is 1. The van der Waals surface area contributed by atoms with Crippen molar-refractivity contribution in [2.45, 2.75) is 6.54 Å². The molecular weight excluding hydrogens is 331 g/mol. The second-order valence-corrected chi connectivity index (χ2v) is 5.27. The van der Waals surface area contributed by atoms with Gasteiger partial charge < -0.3 is 9.64 Å². The summed E-state index contributed by atoms with van der Waals surface area (Å²) in [6.07, 6.45) is 0. The molecule has 0 spiro atoms. The fourth-order valence-corrected chi connectivity index (χ4v) is 2.21. The standard InChI is InChI=1S/C17H15FN2O5/c1-19(10-11-3-5-12(6-4-11)17(22)25-2)16(21)14-8-7-13(20(23)24)9-15(14)18/h3-9H,10H2,1-2H3. The molecule has 1 amide bonds. The van der Waals surface area contributed by atoms with Gasteiger partial charge in [-0.3, -0.25) is 14.9 Å². The highest BCUT2D eigenvalue weighted by Crippen LogP contribution is 2.18. The van der Waals surface area contributed by atoms with E-state index in [0.717, 1.165) is 17.7 Å². The molecule has 0 unspecified atom stereocenters. The maximum atomic E-state index is 13.9. The molecule has 8 heteroatoms. The molecule has 2 rings (SSSR count). The number of rotatable bonds is 5. The summed E-state index contributed by atoms with van der Waals surface area (Å²) < 4.78 is 18.5. The first kappa shape index (κ1) is 18.1. The van der Waals surface area contributed by atoms with Gasteiger partial charge in [0, 0.05) is 19.7 Å². The third-order valence-electron chi connectivity index (χ3n) is 3.54. The molecule has 2 aromatic rings. The molecule has 2 aromatic carbocycles. The summed E-state index contributed by atoms with van der Waals surface area (Å²) in [5, 5.41) is 10.6. The van der Waals surface area contributed by atoms with E-state index in [1.54, 1.807) is 24.3 Å². The van der Waals surface area contributed by atoms with E-state index in [4.69, 9.17) is 0 Å². The molecule has 0 atom stereocenters. The van der Waals surface area contributed by atoms with Crippen LogP contribution in [0, 0.1) is 15.9 Å². The number of carbonyl (C=O) groups excluding carboxylic acids is 2. The van der Waals surface area contributed by atoms with Crippen LogP contribution in [0.3, 0.4) is 0 Å². The van der Waals surface area contributed by atoms with Crippen molar-refractivity contribution in [3.8, 4) is 0 Å². The number of nitro benzene ring substituents is 1. The van der Waals surface area contributed by atoms with E-state index in [2.05, 4.69) is 4.74 Å². The molecule has 0 aromatic heterocycles. The monoisotopic (exact) mass is 346 g/mol. The third-order valence-corrected chi connectivity index (χ3v) is 3.54.